The molecular weight excluding hydrogens is 336 g/mol. The largest absolute Gasteiger partial charge is 0.394 e. The molecule has 0 aliphatic carbocycles. The van der Waals surface area contributed by atoms with Crippen LogP contribution in [0.2, 0.25) is 0 Å². The van der Waals surface area contributed by atoms with Gasteiger partial charge in [-0.25, -0.2) is 0 Å². The summed E-state index contributed by atoms with van der Waals surface area (Å²) in [6, 6.07) is 0. The number of rotatable bonds is 16. The molecule has 0 spiro atoms. The van der Waals surface area contributed by atoms with Crippen molar-refractivity contribution in [3.8, 4) is 0 Å². The van der Waals surface area contributed by atoms with Crippen LogP contribution in [-0.2, 0) is 18.9 Å². The molecule has 160 valence electrons. The van der Waals surface area contributed by atoms with Gasteiger partial charge in [0.15, 0.2) is 0 Å². The van der Waals surface area contributed by atoms with Gasteiger partial charge in [0, 0.05) is 13.2 Å². The van der Waals surface area contributed by atoms with Crippen molar-refractivity contribution in [2.75, 3.05) is 39.6 Å². The van der Waals surface area contributed by atoms with Gasteiger partial charge in [0.1, 0.15) is 0 Å². The van der Waals surface area contributed by atoms with Gasteiger partial charge in [0.05, 0.1) is 50.8 Å². The molecule has 2 N–H and O–H groups in total. The van der Waals surface area contributed by atoms with Gasteiger partial charge in [-0.3, -0.25) is 0 Å². The lowest BCUT2D eigenvalue weighted by Crippen LogP contribution is -2.22. The topological polar surface area (TPSA) is 77.4 Å². The fraction of sp³-hybridized carbons (Fsp3) is 1.00. The summed E-state index contributed by atoms with van der Waals surface area (Å²) in [6.07, 6.45) is 4.23. The van der Waals surface area contributed by atoms with Gasteiger partial charge in [0.25, 0.3) is 0 Å². The third-order valence-electron chi connectivity index (χ3n) is 3.39. The summed E-state index contributed by atoms with van der Waals surface area (Å²) in [5.74, 6) is 0. The maximum absolute atomic E-state index is 8.95. The van der Waals surface area contributed by atoms with Crippen LogP contribution in [0.4, 0.5) is 0 Å². The summed E-state index contributed by atoms with van der Waals surface area (Å²) in [5.41, 5.74) is 0. The van der Waals surface area contributed by atoms with E-state index in [-0.39, 0.29) is 24.9 Å². The van der Waals surface area contributed by atoms with E-state index in [1.807, 2.05) is 20.8 Å². The van der Waals surface area contributed by atoms with Gasteiger partial charge < -0.3 is 29.2 Å². The standard InChI is InChI=1S/2C10H22O3/c1-4-5-6-12-8-10(3)13-7-9(2)11;1-4-5-6-12-10(3)8-13-9(2)7-11/h2*9-11H,4-8H2,1-3H3. The first-order chi connectivity index (χ1) is 12.4. The van der Waals surface area contributed by atoms with E-state index in [0.29, 0.717) is 19.8 Å². The summed E-state index contributed by atoms with van der Waals surface area (Å²) in [5, 5.41) is 17.6. The highest BCUT2D eigenvalue weighted by atomic mass is 16.5. The highest BCUT2D eigenvalue weighted by Crippen LogP contribution is 1.98. The molecule has 6 heteroatoms. The van der Waals surface area contributed by atoms with Crippen LogP contribution >= 0.6 is 0 Å². The minimum atomic E-state index is -0.391. The third kappa shape index (κ3) is 23.8. The summed E-state index contributed by atoms with van der Waals surface area (Å²) < 4.78 is 21.4. The van der Waals surface area contributed by atoms with Gasteiger partial charge in [0.2, 0.25) is 0 Å². The molecule has 0 rings (SSSR count). The molecule has 0 aromatic rings. The van der Waals surface area contributed by atoms with Crippen molar-refractivity contribution >= 4 is 0 Å². The van der Waals surface area contributed by atoms with E-state index in [0.717, 1.165) is 38.9 Å². The monoisotopic (exact) mass is 380 g/mol. The van der Waals surface area contributed by atoms with Gasteiger partial charge >= 0.3 is 0 Å². The van der Waals surface area contributed by atoms with Crippen molar-refractivity contribution in [3.63, 3.8) is 0 Å². The first-order valence-electron chi connectivity index (χ1n) is 10.1. The summed E-state index contributed by atoms with van der Waals surface area (Å²) in [4.78, 5) is 0. The molecule has 0 aliphatic rings. The Morgan fingerprint density at radius 2 is 1.23 bits per heavy atom. The third-order valence-corrected chi connectivity index (χ3v) is 3.39. The van der Waals surface area contributed by atoms with Crippen LogP contribution in [-0.4, -0.2) is 74.3 Å². The van der Waals surface area contributed by atoms with Crippen molar-refractivity contribution in [1.29, 1.82) is 0 Å². The van der Waals surface area contributed by atoms with Crippen LogP contribution in [0.5, 0.6) is 0 Å². The molecule has 0 amide bonds. The quantitative estimate of drug-likeness (QED) is 0.401. The molecule has 4 atom stereocenters. The van der Waals surface area contributed by atoms with E-state index in [1.165, 1.54) is 0 Å². The molecule has 0 saturated carbocycles. The predicted molar refractivity (Wildman–Crippen MR) is 106 cm³/mol. The van der Waals surface area contributed by atoms with E-state index >= 15 is 0 Å². The SMILES string of the molecule is CCCCOC(C)COC(C)CO.CCCCOCC(C)OCC(C)O. The molecule has 0 heterocycles. The maximum atomic E-state index is 8.95. The van der Waals surface area contributed by atoms with Crippen LogP contribution in [0.15, 0.2) is 0 Å². The van der Waals surface area contributed by atoms with Gasteiger partial charge in [-0.2, -0.15) is 0 Å². The summed E-state index contributed by atoms with van der Waals surface area (Å²) >= 11 is 0. The smallest absolute Gasteiger partial charge is 0.0781 e. The predicted octanol–water partition coefficient (Wildman–Crippen LogP) is 3.18. The van der Waals surface area contributed by atoms with Gasteiger partial charge in [-0.15, -0.1) is 0 Å². The second-order valence-electron chi connectivity index (χ2n) is 6.78. The first-order valence-corrected chi connectivity index (χ1v) is 10.1. The molecule has 6 nitrogen and oxygen atoms in total. The fourth-order valence-electron chi connectivity index (χ4n) is 1.68. The number of ether oxygens (including phenoxy) is 4. The van der Waals surface area contributed by atoms with Crippen molar-refractivity contribution in [2.24, 2.45) is 0 Å². The molecule has 0 aliphatic heterocycles. The van der Waals surface area contributed by atoms with Crippen LogP contribution in [0.3, 0.4) is 0 Å². The number of unbranched alkanes of at least 4 members (excludes halogenated alkanes) is 2. The Labute approximate surface area is 161 Å². The molecule has 4 unspecified atom stereocenters. The van der Waals surface area contributed by atoms with E-state index in [1.54, 1.807) is 6.92 Å². The normalized spacial score (nSPS) is 15.7. The maximum Gasteiger partial charge on any atom is 0.0781 e. The second-order valence-corrected chi connectivity index (χ2v) is 6.78. The summed E-state index contributed by atoms with van der Waals surface area (Å²) in [7, 11) is 0. The highest BCUT2D eigenvalue weighted by Gasteiger charge is 2.05. The summed E-state index contributed by atoms with van der Waals surface area (Å²) in [6.45, 7) is 15.0. The number of aliphatic hydroxyl groups excluding tert-OH is 2. The Morgan fingerprint density at radius 3 is 1.77 bits per heavy atom. The Bertz CT molecular complexity index is 263. The lowest BCUT2D eigenvalue weighted by molar-refractivity contribution is -0.0457. The zero-order valence-electron chi connectivity index (χ0n) is 17.9. The van der Waals surface area contributed by atoms with Crippen LogP contribution in [0.1, 0.15) is 67.2 Å². The average molecular weight is 381 g/mol. The first kappa shape index (κ1) is 28.0. The van der Waals surface area contributed by atoms with Crippen molar-refractivity contribution < 1.29 is 29.2 Å². The van der Waals surface area contributed by atoms with Crippen LogP contribution < -0.4 is 0 Å². The lowest BCUT2D eigenvalue weighted by Gasteiger charge is -2.15. The molecule has 0 aromatic carbocycles. The van der Waals surface area contributed by atoms with Gasteiger partial charge in [-0.05, 0) is 40.5 Å². The number of hydrogen-bond acceptors (Lipinski definition) is 6. The van der Waals surface area contributed by atoms with Crippen LogP contribution in [0, 0.1) is 0 Å². The Kier molecular flexibility index (Phi) is 22.7. The molecule has 0 aromatic heterocycles. The van der Waals surface area contributed by atoms with Crippen molar-refractivity contribution in [3.05, 3.63) is 0 Å². The zero-order valence-corrected chi connectivity index (χ0v) is 17.9. The Balaban J connectivity index is 0. The fourth-order valence-corrected chi connectivity index (χ4v) is 1.68. The van der Waals surface area contributed by atoms with E-state index in [4.69, 9.17) is 29.2 Å². The van der Waals surface area contributed by atoms with E-state index in [2.05, 4.69) is 13.8 Å². The number of hydrogen-bond donors (Lipinski definition) is 2. The molecule has 0 saturated heterocycles. The molecule has 0 radical (unpaired) electrons. The zero-order chi connectivity index (χ0) is 20.2. The van der Waals surface area contributed by atoms with E-state index in [9.17, 15) is 0 Å². The molecule has 26 heavy (non-hydrogen) atoms. The van der Waals surface area contributed by atoms with Crippen LogP contribution in [0.25, 0.3) is 0 Å². The minimum Gasteiger partial charge on any atom is -0.394 e. The average Bonchev–Trinajstić information content (AvgIpc) is 2.62. The number of aliphatic hydroxyl groups is 2. The van der Waals surface area contributed by atoms with Crippen molar-refractivity contribution in [1.82, 2.24) is 0 Å². The lowest BCUT2D eigenvalue weighted by atomic mass is 10.3. The molecular formula is C20H44O6. The minimum absolute atomic E-state index is 0.0711. The highest BCUT2D eigenvalue weighted by molar-refractivity contribution is 4.51. The molecule has 0 bridgehead atoms. The second kappa shape index (κ2) is 21.1. The Hall–Kier alpha value is -0.240. The molecule has 0 fully saturated rings. The van der Waals surface area contributed by atoms with E-state index < -0.39 is 6.10 Å². The van der Waals surface area contributed by atoms with Crippen molar-refractivity contribution in [2.45, 2.75) is 91.6 Å². The Morgan fingerprint density at radius 1 is 0.692 bits per heavy atom. The van der Waals surface area contributed by atoms with Gasteiger partial charge in [-0.1, -0.05) is 26.7 Å².